The number of hydrogen-bond acceptors (Lipinski definition) is 5. The lowest BCUT2D eigenvalue weighted by molar-refractivity contribution is 1.01. The Bertz CT molecular complexity index is 435. The van der Waals surface area contributed by atoms with E-state index in [0.717, 1.165) is 13.8 Å². The second kappa shape index (κ2) is 4.57. The Kier molecular flexibility index (Phi) is 3.38. The van der Waals surface area contributed by atoms with Crippen LogP contribution in [0, 0.1) is 0 Å². The van der Waals surface area contributed by atoms with Gasteiger partial charge >= 0.3 is 0 Å². The van der Waals surface area contributed by atoms with Gasteiger partial charge in [-0.1, -0.05) is 22.9 Å². The predicted molar refractivity (Wildman–Crippen MR) is 61.0 cm³/mol. The first-order valence-corrected chi connectivity index (χ1v) is 6.37. The van der Waals surface area contributed by atoms with E-state index in [-0.39, 0.29) is 0 Å². The topological polar surface area (TPSA) is 38.7 Å². The molecule has 0 unspecified atom stereocenters. The van der Waals surface area contributed by atoms with Crippen LogP contribution in [0.5, 0.6) is 0 Å². The molecule has 0 aliphatic heterocycles. The van der Waals surface area contributed by atoms with E-state index in [2.05, 4.69) is 31.1 Å². The molecule has 0 aliphatic rings. The summed E-state index contributed by atoms with van der Waals surface area (Å²) >= 11 is 12.2. The van der Waals surface area contributed by atoms with E-state index in [1.54, 1.807) is 17.8 Å². The summed E-state index contributed by atoms with van der Waals surface area (Å²) in [5, 5.41) is 8.98. The Labute approximate surface area is 102 Å². The third-order valence-electron chi connectivity index (χ3n) is 1.30. The van der Waals surface area contributed by atoms with Gasteiger partial charge in [0, 0.05) is 10.7 Å². The van der Waals surface area contributed by atoms with Gasteiger partial charge in [-0.3, -0.25) is 0 Å². The highest BCUT2D eigenvalue weighted by Crippen LogP contribution is 2.33. The maximum atomic E-state index is 5.99. The zero-order valence-corrected chi connectivity index (χ0v) is 10.6. The SMILES string of the molecule is Clc1cc(Br)cnc1Sc1nncs1. The summed E-state index contributed by atoms with van der Waals surface area (Å²) in [6.45, 7) is 0. The number of aromatic nitrogens is 3. The van der Waals surface area contributed by atoms with Crippen molar-refractivity contribution in [1.29, 1.82) is 0 Å². The van der Waals surface area contributed by atoms with Crippen molar-refractivity contribution in [3.8, 4) is 0 Å². The molecule has 2 rings (SSSR count). The maximum Gasteiger partial charge on any atom is 0.180 e. The van der Waals surface area contributed by atoms with Gasteiger partial charge in [-0.05, 0) is 33.8 Å². The molecule has 7 heteroatoms. The average molecular weight is 309 g/mol. The van der Waals surface area contributed by atoms with Gasteiger partial charge in [-0.2, -0.15) is 0 Å². The molecule has 0 spiro atoms. The zero-order valence-electron chi connectivity index (χ0n) is 6.65. The van der Waals surface area contributed by atoms with E-state index in [0.29, 0.717) is 5.02 Å². The average Bonchev–Trinajstić information content (AvgIpc) is 2.62. The molecule has 72 valence electrons. The molecule has 0 saturated carbocycles. The van der Waals surface area contributed by atoms with Gasteiger partial charge in [-0.15, -0.1) is 10.2 Å². The van der Waals surface area contributed by atoms with Gasteiger partial charge in [0.05, 0.1) is 5.02 Å². The Balaban J connectivity index is 2.25. The fourth-order valence-electron chi connectivity index (χ4n) is 0.767. The minimum absolute atomic E-state index is 0.611. The van der Waals surface area contributed by atoms with Gasteiger partial charge in [0.1, 0.15) is 10.5 Å². The van der Waals surface area contributed by atoms with Crippen LogP contribution in [0.25, 0.3) is 0 Å². The summed E-state index contributed by atoms with van der Waals surface area (Å²) in [6, 6.07) is 1.80. The minimum Gasteiger partial charge on any atom is -0.247 e. The van der Waals surface area contributed by atoms with Crippen LogP contribution in [0.4, 0.5) is 0 Å². The van der Waals surface area contributed by atoms with Crippen LogP contribution in [0.1, 0.15) is 0 Å². The monoisotopic (exact) mass is 307 g/mol. The molecule has 0 bridgehead atoms. The summed E-state index contributed by atoms with van der Waals surface area (Å²) in [5.74, 6) is 0. The standard InChI is InChI=1S/C7H3BrClN3S2/c8-4-1-5(9)6(10-2-4)14-7-12-11-3-13-7/h1-3H. The first kappa shape index (κ1) is 10.4. The molecule has 0 aromatic carbocycles. The highest BCUT2D eigenvalue weighted by Gasteiger charge is 2.06. The van der Waals surface area contributed by atoms with Crippen LogP contribution in [0.2, 0.25) is 5.02 Å². The first-order chi connectivity index (χ1) is 6.75. The molecule has 2 aromatic rings. The third-order valence-corrected chi connectivity index (χ3v) is 3.93. The summed E-state index contributed by atoms with van der Waals surface area (Å²) in [5.41, 5.74) is 1.68. The van der Waals surface area contributed by atoms with E-state index < -0.39 is 0 Å². The van der Waals surface area contributed by atoms with Crippen molar-refractivity contribution >= 4 is 50.6 Å². The Morgan fingerprint density at radius 1 is 1.50 bits per heavy atom. The zero-order chi connectivity index (χ0) is 9.97. The van der Waals surface area contributed by atoms with E-state index in [9.17, 15) is 0 Å². The molecule has 3 nitrogen and oxygen atoms in total. The summed E-state index contributed by atoms with van der Waals surface area (Å²) in [4.78, 5) is 4.18. The van der Waals surface area contributed by atoms with Gasteiger partial charge < -0.3 is 0 Å². The van der Waals surface area contributed by atoms with Crippen LogP contribution in [0.15, 0.2) is 31.6 Å². The van der Waals surface area contributed by atoms with Gasteiger partial charge in [0.25, 0.3) is 0 Å². The lowest BCUT2D eigenvalue weighted by Gasteiger charge is -1.99. The smallest absolute Gasteiger partial charge is 0.180 e. The molecule has 0 saturated heterocycles. The van der Waals surface area contributed by atoms with Crippen LogP contribution in [-0.2, 0) is 0 Å². The minimum atomic E-state index is 0.611. The fraction of sp³-hybridized carbons (Fsp3) is 0. The molecule has 2 heterocycles. The van der Waals surface area contributed by atoms with Crippen LogP contribution in [0.3, 0.4) is 0 Å². The van der Waals surface area contributed by atoms with Gasteiger partial charge in [-0.25, -0.2) is 4.98 Å². The molecule has 2 aromatic heterocycles. The van der Waals surface area contributed by atoms with E-state index in [1.165, 1.54) is 23.1 Å². The van der Waals surface area contributed by atoms with Crippen molar-refractivity contribution < 1.29 is 0 Å². The first-order valence-electron chi connectivity index (χ1n) is 3.51. The second-order valence-corrected chi connectivity index (χ2v) is 5.64. The highest BCUT2D eigenvalue weighted by atomic mass is 79.9. The third kappa shape index (κ3) is 2.44. The normalized spacial score (nSPS) is 10.4. The largest absolute Gasteiger partial charge is 0.247 e. The Hall–Kier alpha value is -0.170. The maximum absolute atomic E-state index is 5.99. The quantitative estimate of drug-likeness (QED) is 0.851. The van der Waals surface area contributed by atoms with E-state index >= 15 is 0 Å². The van der Waals surface area contributed by atoms with E-state index in [4.69, 9.17) is 11.6 Å². The number of halogens is 2. The van der Waals surface area contributed by atoms with Crippen molar-refractivity contribution in [3.05, 3.63) is 27.3 Å². The van der Waals surface area contributed by atoms with Crippen molar-refractivity contribution in [2.45, 2.75) is 9.37 Å². The molecule has 0 amide bonds. The van der Waals surface area contributed by atoms with Crippen molar-refractivity contribution in [2.24, 2.45) is 0 Å². The molecule has 0 fully saturated rings. The number of rotatable bonds is 2. The Morgan fingerprint density at radius 2 is 2.36 bits per heavy atom. The van der Waals surface area contributed by atoms with Crippen molar-refractivity contribution in [3.63, 3.8) is 0 Å². The lowest BCUT2D eigenvalue weighted by Crippen LogP contribution is -1.81. The van der Waals surface area contributed by atoms with Crippen LogP contribution in [-0.4, -0.2) is 15.2 Å². The Morgan fingerprint density at radius 3 is 3.00 bits per heavy atom. The van der Waals surface area contributed by atoms with E-state index in [1.807, 2.05) is 0 Å². The van der Waals surface area contributed by atoms with Crippen molar-refractivity contribution in [1.82, 2.24) is 15.2 Å². The molecular formula is C7H3BrClN3S2. The van der Waals surface area contributed by atoms with Crippen LogP contribution < -0.4 is 0 Å². The van der Waals surface area contributed by atoms with Gasteiger partial charge in [0.15, 0.2) is 4.34 Å². The molecule has 0 radical (unpaired) electrons. The molecule has 0 atom stereocenters. The van der Waals surface area contributed by atoms with Crippen molar-refractivity contribution in [2.75, 3.05) is 0 Å². The fourth-order valence-corrected chi connectivity index (χ4v) is 2.86. The highest BCUT2D eigenvalue weighted by molar-refractivity contribution is 9.10. The molecule has 0 aliphatic carbocycles. The molecule has 14 heavy (non-hydrogen) atoms. The number of hydrogen-bond donors (Lipinski definition) is 0. The lowest BCUT2D eigenvalue weighted by atomic mass is 10.5. The summed E-state index contributed by atoms with van der Waals surface area (Å²) in [6.07, 6.45) is 1.70. The van der Waals surface area contributed by atoms with Gasteiger partial charge in [0.2, 0.25) is 0 Å². The number of pyridine rings is 1. The van der Waals surface area contributed by atoms with Crippen LogP contribution >= 0.6 is 50.6 Å². The summed E-state index contributed by atoms with van der Waals surface area (Å²) < 4.78 is 1.70. The second-order valence-electron chi connectivity index (χ2n) is 2.25. The molecular weight excluding hydrogens is 306 g/mol. The summed E-state index contributed by atoms with van der Waals surface area (Å²) in [7, 11) is 0. The predicted octanol–water partition coefficient (Wildman–Crippen LogP) is 3.50. The number of nitrogens with zero attached hydrogens (tertiary/aromatic N) is 3. The molecule has 0 N–H and O–H groups in total.